The highest BCUT2D eigenvalue weighted by Gasteiger charge is 2.06. The molecule has 0 atom stereocenters. The average Bonchev–Trinajstić information content (AvgIpc) is 2.47. The van der Waals surface area contributed by atoms with Crippen LogP contribution in [0.25, 0.3) is 0 Å². The van der Waals surface area contributed by atoms with Gasteiger partial charge in [-0.2, -0.15) is 0 Å². The summed E-state index contributed by atoms with van der Waals surface area (Å²) >= 11 is 7.40. The van der Waals surface area contributed by atoms with Crippen molar-refractivity contribution in [2.45, 2.75) is 18.4 Å². The van der Waals surface area contributed by atoms with Crippen LogP contribution in [0.3, 0.4) is 0 Å². The zero-order valence-corrected chi connectivity index (χ0v) is 13.1. The molecule has 2 nitrogen and oxygen atoms in total. The summed E-state index contributed by atoms with van der Waals surface area (Å²) in [6, 6.07) is 12.3. The summed E-state index contributed by atoms with van der Waals surface area (Å²) in [5, 5.41) is 3.40. The van der Waals surface area contributed by atoms with Gasteiger partial charge in [-0.05, 0) is 36.2 Å². The standard InChI is InChI=1S/C16H15ClFNOS/c1-11-6-7-12(8-14(11)18)9-19-16(20)10-21-15-5-3-2-4-13(15)17/h2-8H,9-10H2,1H3,(H,19,20). The van der Waals surface area contributed by atoms with Crippen molar-refractivity contribution in [3.63, 3.8) is 0 Å². The molecule has 0 aliphatic heterocycles. The summed E-state index contributed by atoms with van der Waals surface area (Å²) in [6.07, 6.45) is 0. The fraction of sp³-hybridized carbons (Fsp3) is 0.188. The highest BCUT2D eigenvalue weighted by atomic mass is 35.5. The first-order valence-electron chi connectivity index (χ1n) is 6.45. The summed E-state index contributed by atoms with van der Waals surface area (Å²) in [6.45, 7) is 2.02. The molecule has 0 bridgehead atoms. The van der Waals surface area contributed by atoms with Crippen molar-refractivity contribution in [3.05, 3.63) is 64.4 Å². The second-order valence-electron chi connectivity index (χ2n) is 4.58. The van der Waals surface area contributed by atoms with Gasteiger partial charge in [0.2, 0.25) is 5.91 Å². The van der Waals surface area contributed by atoms with Crippen LogP contribution in [0.1, 0.15) is 11.1 Å². The molecule has 0 fully saturated rings. The van der Waals surface area contributed by atoms with Crippen molar-refractivity contribution >= 4 is 29.3 Å². The van der Waals surface area contributed by atoms with E-state index >= 15 is 0 Å². The van der Waals surface area contributed by atoms with Crippen LogP contribution in [-0.4, -0.2) is 11.7 Å². The zero-order valence-electron chi connectivity index (χ0n) is 11.5. The minimum atomic E-state index is -0.257. The second-order valence-corrected chi connectivity index (χ2v) is 6.00. The van der Waals surface area contributed by atoms with Crippen LogP contribution in [0.2, 0.25) is 5.02 Å². The molecule has 0 aliphatic rings. The topological polar surface area (TPSA) is 29.1 Å². The molecule has 0 saturated heterocycles. The summed E-state index contributed by atoms with van der Waals surface area (Å²) in [7, 11) is 0. The number of hydrogen-bond donors (Lipinski definition) is 1. The van der Waals surface area contributed by atoms with Crippen LogP contribution in [0.4, 0.5) is 4.39 Å². The van der Waals surface area contributed by atoms with Gasteiger partial charge in [0.15, 0.2) is 0 Å². The smallest absolute Gasteiger partial charge is 0.230 e. The molecule has 1 N–H and O–H groups in total. The summed E-state index contributed by atoms with van der Waals surface area (Å²) in [5.74, 6) is -0.0916. The number of carbonyl (C=O) groups excluding carboxylic acids is 1. The number of hydrogen-bond acceptors (Lipinski definition) is 2. The Kier molecular flexibility index (Phi) is 5.65. The first-order valence-corrected chi connectivity index (χ1v) is 7.81. The maximum atomic E-state index is 13.4. The fourth-order valence-electron chi connectivity index (χ4n) is 1.70. The highest BCUT2D eigenvalue weighted by Crippen LogP contribution is 2.26. The minimum absolute atomic E-state index is 0.110. The van der Waals surface area contributed by atoms with Gasteiger partial charge in [0, 0.05) is 11.4 Å². The van der Waals surface area contributed by atoms with Crippen LogP contribution >= 0.6 is 23.4 Å². The largest absolute Gasteiger partial charge is 0.351 e. The van der Waals surface area contributed by atoms with E-state index in [1.807, 2.05) is 18.2 Å². The van der Waals surface area contributed by atoms with E-state index in [0.717, 1.165) is 10.5 Å². The zero-order chi connectivity index (χ0) is 15.2. The third-order valence-corrected chi connectivity index (χ3v) is 4.44. The van der Waals surface area contributed by atoms with Crippen molar-refractivity contribution in [3.8, 4) is 0 Å². The predicted octanol–water partition coefficient (Wildman–Crippen LogP) is 4.20. The molecule has 110 valence electrons. The van der Waals surface area contributed by atoms with Crippen molar-refractivity contribution in [2.75, 3.05) is 5.75 Å². The van der Waals surface area contributed by atoms with E-state index in [0.29, 0.717) is 17.1 Å². The molecule has 0 radical (unpaired) electrons. The van der Waals surface area contributed by atoms with Gasteiger partial charge >= 0.3 is 0 Å². The summed E-state index contributed by atoms with van der Waals surface area (Å²) in [4.78, 5) is 12.7. The van der Waals surface area contributed by atoms with Crippen LogP contribution in [-0.2, 0) is 11.3 Å². The number of carbonyl (C=O) groups is 1. The number of thioether (sulfide) groups is 1. The first-order chi connectivity index (χ1) is 10.1. The van der Waals surface area contributed by atoms with E-state index < -0.39 is 0 Å². The Labute approximate surface area is 132 Å². The Balaban J connectivity index is 1.82. The maximum Gasteiger partial charge on any atom is 0.230 e. The van der Waals surface area contributed by atoms with Crippen molar-refractivity contribution in [1.29, 1.82) is 0 Å². The lowest BCUT2D eigenvalue weighted by atomic mass is 10.1. The lowest BCUT2D eigenvalue weighted by Gasteiger charge is -2.07. The van der Waals surface area contributed by atoms with Gasteiger partial charge in [0.1, 0.15) is 5.82 Å². The SMILES string of the molecule is Cc1ccc(CNC(=O)CSc2ccccc2Cl)cc1F. The normalized spacial score (nSPS) is 10.4. The molecular weight excluding hydrogens is 309 g/mol. The summed E-state index contributed by atoms with van der Waals surface area (Å²) < 4.78 is 13.4. The third kappa shape index (κ3) is 4.76. The molecule has 0 aromatic heterocycles. The number of rotatable bonds is 5. The molecule has 2 rings (SSSR count). The van der Waals surface area contributed by atoms with Gasteiger partial charge < -0.3 is 5.32 Å². The molecule has 0 saturated carbocycles. The molecule has 0 heterocycles. The molecule has 2 aromatic carbocycles. The fourth-order valence-corrected chi connectivity index (χ4v) is 2.77. The Bertz CT molecular complexity index is 648. The Morgan fingerprint density at radius 2 is 2.05 bits per heavy atom. The number of nitrogens with one attached hydrogen (secondary N) is 1. The van der Waals surface area contributed by atoms with Crippen molar-refractivity contribution in [2.24, 2.45) is 0 Å². The molecule has 2 aromatic rings. The Morgan fingerprint density at radius 1 is 1.29 bits per heavy atom. The molecular formula is C16H15ClFNOS. The number of benzene rings is 2. The van der Waals surface area contributed by atoms with Gasteiger partial charge in [-0.3, -0.25) is 4.79 Å². The molecule has 1 amide bonds. The second kappa shape index (κ2) is 7.48. The van der Waals surface area contributed by atoms with E-state index in [9.17, 15) is 9.18 Å². The quantitative estimate of drug-likeness (QED) is 0.836. The first kappa shape index (κ1) is 15.9. The maximum absolute atomic E-state index is 13.4. The Morgan fingerprint density at radius 3 is 2.76 bits per heavy atom. The van der Waals surface area contributed by atoms with E-state index in [4.69, 9.17) is 11.6 Å². The highest BCUT2D eigenvalue weighted by molar-refractivity contribution is 8.00. The molecule has 21 heavy (non-hydrogen) atoms. The molecule has 0 aliphatic carbocycles. The van der Waals surface area contributed by atoms with E-state index in [-0.39, 0.29) is 17.5 Å². The monoisotopic (exact) mass is 323 g/mol. The lowest BCUT2D eigenvalue weighted by Crippen LogP contribution is -2.24. The minimum Gasteiger partial charge on any atom is -0.351 e. The number of amides is 1. The van der Waals surface area contributed by atoms with E-state index in [1.165, 1.54) is 17.8 Å². The molecule has 0 unspecified atom stereocenters. The van der Waals surface area contributed by atoms with Crippen molar-refractivity contribution < 1.29 is 9.18 Å². The lowest BCUT2D eigenvalue weighted by molar-refractivity contribution is -0.118. The van der Waals surface area contributed by atoms with Gasteiger partial charge in [0.05, 0.1) is 10.8 Å². The number of halogens is 2. The van der Waals surface area contributed by atoms with Crippen LogP contribution in [0.5, 0.6) is 0 Å². The van der Waals surface area contributed by atoms with E-state index in [1.54, 1.807) is 25.1 Å². The Hall–Kier alpha value is -1.52. The number of aryl methyl sites for hydroxylation is 1. The molecule has 5 heteroatoms. The van der Waals surface area contributed by atoms with Crippen molar-refractivity contribution in [1.82, 2.24) is 5.32 Å². The third-order valence-electron chi connectivity index (χ3n) is 2.92. The van der Waals surface area contributed by atoms with Crippen LogP contribution in [0.15, 0.2) is 47.4 Å². The van der Waals surface area contributed by atoms with Gasteiger partial charge in [-0.15, -0.1) is 11.8 Å². The predicted molar refractivity (Wildman–Crippen MR) is 85.2 cm³/mol. The van der Waals surface area contributed by atoms with Crippen LogP contribution < -0.4 is 5.32 Å². The summed E-state index contributed by atoms with van der Waals surface area (Å²) in [5.41, 5.74) is 1.34. The van der Waals surface area contributed by atoms with Gasteiger partial charge in [-0.1, -0.05) is 35.9 Å². The van der Waals surface area contributed by atoms with Gasteiger partial charge in [0.25, 0.3) is 0 Å². The average molecular weight is 324 g/mol. The molecule has 0 spiro atoms. The van der Waals surface area contributed by atoms with Gasteiger partial charge in [-0.25, -0.2) is 4.39 Å². The van der Waals surface area contributed by atoms with E-state index in [2.05, 4.69) is 5.32 Å². The van der Waals surface area contributed by atoms with Crippen LogP contribution in [0, 0.1) is 12.7 Å².